The topological polar surface area (TPSA) is 64.0 Å². The molecule has 1 aromatic carbocycles. The number of sulfonamides is 1. The second-order valence-electron chi connectivity index (χ2n) is 4.88. The maximum atomic E-state index is 12.2. The van der Waals surface area contributed by atoms with Gasteiger partial charge in [-0.05, 0) is 37.1 Å². The number of aryl methyl sites for hydroxylation is 2. The van der Waals surface area contributed by atoms with Gasteiger partial charge in [-0.2, -0.15) is 5.10 Å². The fraction of sp³-hybridized carbons (Fsp3) is 0.400. The number of hydrogen-bond acceptors (Lipinski definition) is 3. The maximum absolute atomic E-state index is 12.2. The molecule has 0 fully saturated rings. The summed E-state index contributed by atoms with van der Waals surface area (Å²) in [6.07, 6.45) is 3.84. The average molecular weight is 307 g/mol. The third kappa shape index (κ3) is 4.15. The van der Waals surface area contributed by atoms with E-state index >= 15 is 0 Å². The first kappa shape index (κ1) is 15.7. The molecular weight excluding hydrogens is 286 g/mol. The average Bonchev–Trinajstić information content (AvgIpc) is 2.94. The Morgan fingerprint density at radius 2 is 1.86 bits per heavy atom. The van der Waals surface area contributed by atoms with Crippen LogP contribution in [0.1, 0.15) is 31.5 Å². The molecule has 0 atom stereocenters. The zero-order chi connectivity index (χ0) is 15.3. The van der Waals surface area contributed by atoms with Gasteiger partial charge in [0, 0.05) is 12.7 Å². The molecular formula is C15H21N3O2S. The van der Waals surface area contributed by atoms with Crippen LogP contribution < -0.4 is 4.72 Å². The highest BCUT2D eigenvalue weighted by molar-refractivity contribution is 7.89. The van der Waals surface area contributed by atoms with Gasteiger partial charge in [-0.1, -0.05) is 25.5 Å². The van der Waals surface area contributed by atoms with Gasteiger partial charge in [0.1, 0.15) is 0 Å². The molecule has 1 N–H and O–H groups in total. The monoisotopic (exact) mass is 307 g/mol. The second kappa shape index (κ2) is 6.87. The first-order valence-corrected chi connectivity index (χ1v) is 8.64. The van der Waals surface area contributed by atoms with Crippen molar-refractivity contribution in [2.45, 2.75) is 44.7 Å². The van der Waals surface area contributed by atoms with Crippen LogP contribution in [0.15, 0.2) is 41.4 Å². The molecule has 2 rings (SSSR count). The highest BCUT2D eigenvalue weighted by Crippen LogP contribution is 2.12. The number of nitrogens with one attached hydrogen (secondary N) is 1. The van der Waals surface area contributed by atoms with Crippen LogP contribution in [-0.2, 0) is 29.5 Å². The van der Waals surface area contributed by atoms with Crippen LogP contribution in [0.4, 0.5) is 0 Å². The highest BCUT2D eigenvalue weighted by Gasteiger charge is 2.14. The van der Waals surface area contributed by atoms with E-state index < -0.39 is 10.0 Å². The van der Waals surface area contributed by atoms with E-state index in [0.717, 1.165) is 24.9 Å². The van der Waals surface area contributed by atoms with Crippen molar-refractivity contribution in [1.29, 1.82) is 0 Å². The summed E-state index contributed by atoms with van der Waals surface area (Å²) in [7, 11) is -3.49. The van der Waals surface area contributed by atoms with Crippen LogP contribution >= 0.6 is 0 Å². The first-order valence-electron chi connectivity index (χ1n) is 7.16. The van der Waals surface area contributed by atoms with E-state index in [9.17, 15) is 8.42 Å². The molecule has 6 heteroatoms. The Hall–Kier alpha value is -1.66. The van der Waals surface area contributed by atoms with Crippen molar-refractivity contribution in [2.75, 3.05) is 0 Å². The standard InChI is InChI=1S/C15H21N3O2S/c1-3-5-13-6-8-15(9-7-13)21(19,20)16-12-14-10-11-18(4-2)17-14/h6-11,16H,3-5,12H2,1-2H3. The quantitative estimate of drug-likeness (QED) is 0.854. The Balaban J connectivity index is 2.03. The van der Waals surface area contributed by atoms with E-state index in [4.69, 9.17) is 0 Å². The zero-order valence-corrected chi connectivity index (χ0v) is 13.2. The zero-order valence-electron chi connectivity index (χ0n) is 12.4. The summed E-state index contributed by atoms with van der Waals surface area (Å²) in [5.41, 5.74) is 1.86. The summed E-state index contributed by atoms with van der Waals surface area (Å²) in [6, 6.07) is 8.85. The molecule has 0 bridgehead atoms. The Morgan fingerprint density at radius 1 is 1.14 bits per heavy atom. The van der Waals surface area contributed by atoms with Crippen LogP contribution in [0.2, 0.25) is 0 Å². The van der Waals surface area contributed by atoms with Crippen molar-refractivity contribution < 1.29 is 8.42 Å². The Morgan fingerprint density at radius 3 is 2.43 bits per heavy atom. The van der Waals surface area contributed by atoms with Gasteiger partial charge in [0.2, 0.25) is 10.0 Å². The molecule has 0 spiro atoms. The summed E-state index contributed by atoms with van der Waals surface area (Å²) >= 11 is 0. The lowest BCUT2D eigenvalue weighted by atomic mass is 10.1. The molecule has 0 saturated carbocycles. The van der Waals surface area contributed by atoms with Crippen LogP contribution in [0, 0.1) is 0 Å². The predicted molar refractivity (Wildman–Crippen MR) is 82.4 cm³/mol. The molecule has 0 amide bonds. The van der Waals surface area contributed by atoms with Gasteiger partial charge in [0.05, 0.1) is 17.1 Å². The lowest BCUT2D eigenvalue weighted by Crippen LogP contribution is -2.23. The molecule has 1 heterocycles. The molecule has 2 aromatic rings. The SMILES string of the molecule is CCCc1ccc(S(=O)(=O)NCc2ccn(CC)n2)cc1. The van der Waals surface area contributed by atoms with Crippen LogP contribution in [0.5, 0.6) is 0 Å². The summed E-state index contributed by atoms with van der Waals surface area (Å²) in [6.45, 7) is 5.05. The van der Waals surface area contributed by atoms with Crippen LogP contribution in [-0.4, -0.2) is 18.2 Å². The predicted octanol–water partition coefficient (Wildman–Crippen LogP) is 2.33. The van der Waals surface area contributed by atoms with Gasteiger partial charge < -0.3 is 0 Å². The lowest BCUT2D eigenvalue weighted by Gasteiger charge is -2.06. The van der Waals surface area contributed by atoms with Crippen LogP contribution in [0.25, 0.3) is 0 Å². The Bertz CT molecular complexity index is 675. The van der Waals surface area contributed by atoms with Gasteiger partial charge in [-0.15, -0.1) is 0 Å². The fourth-order valence-corrected chi connectivity index (χ4v) is 3.05. The van der Waals surface area contributed by atoms with Crippen LogP contribution in [0.3, 0.4) is 0 Å². The minimum absolute atomic E-state index is 0.200. The van der Waals surface area contributed by atoms with E-state index in [2.05, 4.69) is 16.7 Å². The van der Waals surface area contributed by atoms with Crippen molar-refractivity contribution in [1.82, 2.24) is 14.5 Å². The van der Waals surface area contributed by atoms with Crippen molar-refractivity contribution in [3.8, 4) is 0 Å². The normalized spacial score (nSPS) is 11.7. The number of rotatable bonds is 7. The van der Waals surface area contributed by atoms with Gasteiger partial charge in [0.25, 0.3) is 0 Å². The highest BCUT2D eigenvalue weighted by atomic mass is 32.2. The first-order chi connectivity index (χ1) is 10.0. The molecule has 0 aliphatic rings. The van der Waals surface area contributed by atoms with Crippen molar-refractivity contribution >= 4 is 10.0 Å². The van der Waals surface area contributed by atoms with E-state index in [-0.39, 0.29) is 11.4 Å². The molecule has 0 radical (unpaired) electrons. The van der Waals surface area contributed by atoms with E-state index in [0.29, 0.717) is 5.69 Å². The summed E-state index contributed by atoms with van der Waals surface area (Å²) in [5.74, 6) is 0. The van der Waals surface area contributed by atoms with Crippen molar-refractivity contribution in [3.05, 3.63) is 47.8 Å². The molecule has 0 aliphatic carbocycles. The molecule has 5 nitrogen and oxygen atoms in total. The molecule has 1 aromatic heterocycles. The summed E-state index contributed by atoms with van der Waals surface area (Å²) in [4.78, 5) is 0.289. The molecule has 114 valence electrons. The van der Waals surface area contributed by atoms with E-state index in [1.165, 1.54) is 0 Å². The maximum Gasteiger partial charge on any atom is 0.240 e. The molecule has 0 aliphatic heterocycles. The number of hydrogen-bond donors (Lipinski definition) is 1. The molecule has 21 heavy (non-hydrogen) atoms. The van der Waals surface area contributed by atoms with E-state index in [1.54, 1.807) is 16.8 Å². The van der Waals surface area contributed by atoms with Gasteiger partial charge in [-0.3, -0.25) is 4.68 Å². The third-order valence-electron chi connectivity index (χ3n) is 3.24. The Kier molecular flexibility index (Phi) is 5.14. The second-order valence-corrected chi connectivity index (χ2v) is 6.65. The van der Waals surface area contributed by atoms with E-state index in [1.807, 2.05) is 31.3 Å². The minimum Gasteiger partial charge on any atom is -0.273 e. The van der Waals surface area contributed by atoms with Crippen molar-refractivity contribution in [3.63, 3.8) is 0 Å². The smallest absolute Gasteiger partial charge is 0.240 e. The van der Waals surface area contributed by atoms with Crippen molar-refractivity contribution in [2.24, 2.45) is 0 Å². The summed E-state index contributed by atoms with van der Waals surface area (Å²) in [5, 5.41) is 4.25. The number of aromatic nitrogens is 2. The third-order valence-corrected chi connectivity index (χ3v) is 4.65. The number of nitrogens with zero attached hydrogens (tertiary/aromatic N) is 2. The number of benzene rings is 1. The molecule has 0 saturated heterocycles. The van der Waals surface area contributed by atoms with Gasteiger partial charge in [-0.25, -0.2) is 13.1 Å². The lowest BCUT2D eigenvalue weighted by molar-refractivity contribution is 0.578. The molecule has 0 unspecified atom stereocenters. The van der Waals surface area contributed by atoms with Gasteiger partial charge in [0.15, 0.2) is 0 Å². The fourth-order valence-electron chi connectivity index (χ4n) is 2.05. The largest absolute Gasteiger partial charge is 0.273 e. The Labute approximate surface area is 126 Å². The van der Waals surface area contributed by atoms with Gasteiger partial charge >= 0.3 is 0 Å². The summed E-state index contributed by atoms with van der Waals surface area (Å²) < 4.78 is 28.8. The minimum atomic E-state index is -3.49.